The van der Waals surface area contributed by atoms with E-state index in [1.807, 2.05) is 34.6 Å². The monoisotopic (exact) mass is 313 g/mol. The SMILES string of the molecule is CCN(CC)C(=O)CNCC1CCCN1C(=O)OC(C)(C)C. The quantitative estimate of drug-likeness (QED) is 0.813. The van der Waals surface area contributed by atoms with Gasteiger partial charge in [-0.2, -0.15) is 0 Å². The van der Waals surface area contributed by atoms with E-state index in [0.29, 0.717) is 13.1 Å². The van der Waals surface area contributed by atoms with Gasteiger partial charge in [-0.3, -0.25) is 4.79 Å². The van der Waals surface area contributed by atoms with E-state index in [-0.39, 0.29) is 18.0 Å². The summed E-state index contributed by atoms with van der Waals surface area (Å²) >= 11 is 0. The van der Waals surface area contributed by atoms with Crippen LogP contribution in [0.1, 0.15) is 47.5 Å². The van der Waals surface area contributed by atoms with E-state index in [0.717, 1.165) is 32.5 Å². The smallest absolute Gasteiger partial charge is 0.410 e. The fourth-order valence-electron chi connectivity index (χ4n) is 2.64. The average molecular weight is 313 g/mol. The first-order valence-electron chi connectivity index (χ1n) is 8.26. The van der Waals surface area contributed by atoms with Crippen molar-refractivity contribution in [3.05, 3.63) is 0 Å². The highest BCUT2D eigenvalue weighted by molar-refractivity contribution is 5.78. The molecule has 1 aliphatic rings. The number of ether oxygens (including phenoxy) is 1. The highest BCUT2D eigenvalue weighted by atomic mass is 16.6. The number of likely N-dealkylation sites (tertiary alicyclic amines) is 1. The van der Waals surface area contributed by atoms with Gasteiger partial charge in [0.05, 0.1) is 6.54 Å². The van der Waals surface area contributed by atoms with Crippen LogP contribution >= 0.6 is 0 Å². The summed E-state index contributed by atoms with van der Waals surface area (Å²) in [5.74, 6) is 0.104. The summed E-state index contributed by atoms with van der Waals surface area (Å²) < 4.78 is 5.44. The second-order valence-electron chi connectivity index (χ2n) is 6.67. The molecule has 6 nitrogen and oxygen atoms in total. The van der Waals surface area contributed by atoms with E-state index >= 15 is 0 Å². The fourth-order valence-corrected chi connectivity index (χ4v) is 2.64. The Morgan fingerprint density at radius 2 is 1.91 bits per heavy atom. The van der Waals surface area contributed by atoms with Gasteiger partial charge in [-0.15, -0.1) is 0 Å². The van der Waals surface area contributed by atoms with Crippen molar-refractivity contribution < 1.29 is 14.3 Å². The summed E-state index contributed by atoms with van der Waals surface area (Å²) in [6.45, 7) is 12.7. The fraction of sp³-hybridized carbons (Fsp3) is 0.875. The maximum Gasteiger partial charge on any atom is 0.410 e. The zero-order chi connectivity index (χ0) is 16.8. The van der Waals surface area contributed by atoms with Crippen molar-refractivity contribution in [3.63, 3.8) is 0 Å². The van der Waals surface area contributed by atoms with Crippen LogP contribution in [0.2, 0.25) is 0 Å². The third-order valence-electron chi connectivity index (χ3n) is 3.78. The molecule has 0 bridgehead atoms. The summed E-state index contributed by atoms with van der Waals surface area (Å²) in [5.41, 5.74) is -0.476. The molecule has 1 unspecified atom stereocenters. The van der Waals surface area contributed by atoms with Crippen molar-refractivity contribution in [1.29, 1.82) is 0 Å². The van der Waals surface area contributed by atoms with Crippen molar-refractivity contribution in [2.75, 3.05) is 32.7 Å². The molecule has 1 rings (SSSR count). The van der Waals surface area contributed by atoms with E-state index in [1.54, 1.807) is 9.80 Å². The number of carbonyl (C=O) groups is 2. The third-order valence-corrected chi connectivity index (χ3v) is 3.78. The van der Waals surface area contributed by atoms with E-state index in [1.165, 1.54) is 0 Å². The Labute approximate surface area is 134 Å². The molecule has 0 spiro atoms. The topological polar surface area (TPSA) is 61.9 Å². The Morgan fingerprint density at radius 1 is 1.27 bits per heavy atom. The number of carbonyl (C=O) groups excluding carboxylic acids is 2. The van der Waals surface area contributed by atoms with E-state index in [2.05, 4.69) is 5.32 Å². The van der Waals surface area contributed by atoms with Gasteiger partial charge in [-0.25, -0.2) is 4.79 Å². The first-order chi connectivity index (χ1) is 10.3. The molecule has 128 valence electrons. The van der Waals surface area contributed by atoms with Crippen LogP contribution in [-0.2, 0) is 9.53 Å². The molecule has 22 heavy (non-hydrogen) atoms. The minimum Gasteiger partial charge on any atom is -0.444 e. The molecule has 1 aliphatic heterocycles. The van der Waals surface area contributed by atoms with Crippen molar-refractivity contribution in [2.45, 2.75) is 59.1 Å². The highest BCUT2D eigenvalue weighted by Gasteiger charge is 2.31. The number of nitrogens with zero attached hydrogens (tertiary/aromatic N) is 2. The van der Waals surface area contributed by atoms with Crippen molar-refractivity contribution >= 4 is 12.0 Å². The minimum atomic E-state index is -0.476. The van der Waals surface area contributed by atoms with Gasteiger partial charge in [0, 0.05) is 32.2 Å². The predicted octanol–water partition coefficient (Wildman–Crippen LogP) is 1.84. The zero-order valence-electron chi connectivity index (χ0n) is 14.6. The molecule has 0 aromatic heterocycles. The molecule has 1 atom stereocenters. The van der Waals surface area contributed by atoms with Crippen LogP contribution in [0.3, 0.4) is 0 Å². The summed E-state index contributed by atoms with van der Waals surface area (Å²) in [7, 11) is 0. The molecule has 1 N–H and O–H groups in total. The molecule has 0 aromatic rings. The van der Waals surface area contributed by atoms with Gasteiger partial charge in [0.25, 0.3) is 0 Å². The molecule has 0 radical (unpaired) electrons. The largest absolute Gasteiger partial charge is 0.444 e. The first-order valence-corrected chi connectivity index (χ1v) is 8.26. The molecule has 1 heterocycles. The Kier molecular flexibility index (Phi) is 7.13. The molecule has 6 heteroatoms. The molecular weight excluding hydrogens is 282 g/mol. The molecule has 2 amide bonds. The van der Waals surface area contributed by atoms with Gasteiger partial charge in [0.1, 0.15) is 5.60 Å². The average Bonchev–Trinajstić information content (AvgIpc) is 2.86. The number of nitrogens with one attached hydrogen (secondary N) is 1. The van der Waals surface area contributed by atoms with Gasteiger partial charge >= 0.3 is 6.09 Å². The lowest BCUT2D eigenvalue weighted by Gasteiger charge is -2.29. The lowest BCUT2D eigenvalue weighted by molar-refractivity contribution is -0.129. The van der Waals surface area contributed by atoms with Gasteiger partial charge in [0.15, 0.2) is 0 Å². The van der Waals surface area contributed by atoms with Crippen LogP contribution in [0.4, 0.5) is 4.79 Å². The summed E-state index contributed by atoms with van der Waals surface area (Å²) in [5, 5.41) is 3.18. The number of rotatable bonds is 6. The van der Waals surface area contributed by atoms with Crippen molar-refractivity contribution in [3.8, 4) is 0 Å². The Morgan fingerprint density at radius 3 is 2.45 bits per heavy atom. The molecule has 1 fully saturated rings. The maximum absolute atomic E-state index is 12.2. The van der Waals surface area contributed by atoms with Crippen LogP contribution in [0.5, 0.6) is 0 Å². The molecule has 0 aliphatic carbocycles. The van der Waals surface area contributed by atoms with Gasteiger partial charge < -0.3 is 19.9 Å². The third kappa shape index (κ3) is 5.83. The number of likely N-dealkylation sites (N-methyl/N-ethyl adjacent to an activating group) is 1. The Bertz CT molecular complexity index is 375. The summed E-state index contributed by atoms with van der Waals surface area (Å²) in [6, 6.07) is 0.111. The second kappa shape index (κ2) is 8.36. The maximum atomic E-state index is 12.2. The lowest BCUT2D eigenvalue weighted by Crippen LogP contribution is -2.46. The second-order valence-corrected chi connectivity index (χ2v) is 6.67. The van der Waals surface area contributed by atoms with Crippen LogP contribution in [0.25, 0.3) is 0 Å². The number of amides is 2. The van der Waals surface area contributed by atoms with E-state index < -0.39 is 5.60 Å². The van der Waals surface area contributed by atoms with Crippen molar-refractivity contribution in [1.82, 2.24) is 15.1 Å². The number of hydrogen-bond donors (Lipinski definition) is 1. The normalized spacial score (nSPS) is 18.4. The Hall–Kier alpha value is -1.30. The standard InChI is InChI=1S/C16H31N3O3/c1-6-18(7-2)14(20)12-17-11-13-9-8-10-19(13)15(21)22-16(3,4)5/h13,17H,6-12H2,1-5H3. The predicted molar refractivity (Wildman–Crippen MR) is 86.8 cm³/mol. The molecular formula is C16H31N3O3. The van der Waals surface area contributed by atoms with Crippen molar-refractivity contribution in [2.24, 2.45) is 0 Å². The van der Waals surface area contributed by atoms with Gasteiger partial charge in [-0.05, 0) is 47.5 Å². The van der Waals surface area contributed by atoms with Crippen LogP contribution < -0.4 is 5.32 Å². The lowest BCUT2D eigenvalue weighted by atomic mass is 10.2. The summed E-state index contributed by atoms with van der Waals surface area (Å²) in [6.07, 6.45) is 1.67. The summed E-state index contributed by atoms with van der Waals surface area (Å²) in [4.78, 5) is 27.7. The van der Waals surface area contributed by atoms with Gasteiger partial charge in [0.2, 0.25) is 5.91 Å². The van der Waals surface area contributed by atoms with Crippen LogP contribution in [-0.4, -0.2) is 66.2 Å². The van der Waals surface area contributed by atoms with Gasteiger partial charge in [-0.1, -0.05) is 0 Å². The first kappa shape index (κ1) is 18.7. The molecule has 0 aromatic carbocycles. The van der Waals surface area contributed by atoms with Crippen LogP contribution in [0.15, 0.2) is 0 Å². The zero-order valence-corrected chi connectivity index (χ0v) is 14.6. The minimum absolute atomic E-state index is 0.104. The number of hydrogen-bond acceptors (Lipinski definition) is 4. The van der Waals surface area contributed by atoms with E-state index in [4.69, 9.17) is 4.74 Å². The van der Waals surface area contributed by atoms with E-state index in [9.17, 15) is 9.59 Å². The molecule has 0 saturated carbocycles. The van der Waals surface area contributed by atoms with Crippen LogP contribution in [0, 0.1) is 0 Å². The molecule has 1 saturated heterocycles. The Balaban J connectivity index is 2.41. The highest BCUT2D eigenvalue weighted by Crippen LogP contribution is 2.20.